The molecule has 1 unspecified atom stereocenters. The zero-order chi connectivity index (χ0) is 21.9. The van der Waals surface area contributed by atoms with Crippen LogP contribution in [0.5, 0.6) is 0 Å². The highest BCUT2D eigenvalue weighted by molar-refractivity contribution is 8.00. The monoisotopic (exact) mass is 441 g/mol. The van der Waals surface area contributed by atoms with E-state index in [4.69, 9.17) is 4.74 Å². The van der Waals surface area contributed by atoms with Crippen LogP contribution >= 0.6 is 11.8 Å². The van der Waals surface area contributed by atoms with Crippen molar-refractivity contribution < 1.29 is 27.5 Å². The van der Waals surface area contributed by atoms with Crippen molar-refractivity contribution in [3.05, 3.63) is 30.1 Å². The fraction of sp³-hybridized carbons (Fsp3) is 0.500. The van der Waals surface area contributed by atoms with Gasteiger partial charge in [-0.15, -0.1) is 0 Å². The van der Waals surface area contributed by atoms with Crippen LogP contribution in [0.2, 0.25) is 0 Å². The van der Waals surface area contributed by atoms with Gasteiger partial charge in [0.1, 0.15) is 5.03 Å². The van der Waals surface area contributed by atoms with Crippen molar-refractivity contribution in [1.29, 1.82) is 0 Å². The number of rotatable bonds is 5. The minimum atomic E-state index is -4.68. The van der Waals surface area contributed by atoms with Crippen LogP contribution in [0.1, 0.15) is 32.5 Å². The summed E-state index contributed by atoms with van der Waals surface area (Å²) in [5.41, 5.74) is 0.178. The number of amides is 1. The number of piperidine rings is 1. The van der Waals surface area contributed by atoms with E-state index < -0.39 is 17.3 Å². The summed E-state index contributed by atoms with van der Waals surface area (Å²) in [5, 5.41) is -0.0464. The number of hydrogen-bond acceptors (Lipinski definition) is 6. The van der Waals surface area contributed by atoms with Crippen LogP contribution in [0.3, 0.4) is 0 Å². The van der Waals surface area contributed by atoms with E-state index in [2.05, 4.69) is 9.97 Å². The molecule has 1 aliphatic rings. The molecule has 0 saturated carbocycles. The highest BCUT2D eigenvalue weighted by Gasteiger charge is 2.36. The zero-order valence-electron chi connectivity index (χ0n) is 16.6. The van der Waals surface area contributed by atoms with E-state index in [0.29, 0.717) is 37.9 Å². The Labute approximate surface area is 176 Å². The van der Waals surface area contributed by atoms with Crippen molar-refractivity contribution in [3.63, 3.8) is 0 Å². The Balaban J connectivity index is 1.73. The summed E-state index contributed by atoms with van der Waals surface area (Å²) in [4.78, 5) is 33.6. The Hall–Kier alpha value is -2.36. The molecule has 1 aromatic carbocycles. The first kappa shape index (κ1) is 22.3. The number of ether oxygens (including phenoxy) is 1. The Kier molecular flexibility index (Phi) is 6.84. The van der Waals surface area contributed by atoms with Crippen molar-refractivity contribution in [1.82, 2.24) is 14.9 Å². The number of para-hydroxylation sites is 1. The molecule has 2 heterocycles. The number of carbonyl (C=O) groups is 2. The first-order valence-electron chi connectivity index (χ1n) is 9.66. The average molecular weight is 441 g/mol. The molecule has 1 aliphatic heterocycles. The van der Waals surface area contributed by atoms with Gasteiger partial charge in [0.25, 0.3) is 0 Å². The van der Waals surface area contributed by atoms with Gasteiger partial charge in [-0.3, -0.25) is 9.59 Å². The molecule has 162 valence electrons. The van der Waals surface area contributed by atoms with Crippen molar-refractivity contribution in [2.45, 2.75) is 43.1 Å². The number of carbonyl (C=O) groups excluding carboxylic acids is 2. The van der Waals surface area contributed by atoms with Crippen LogP contribution in [-0.4, -0.2) is 51.7 Å². The Morgan fingerprint density at radius 2 is 1.90 bits per heavy atom. The number of benzene rings is 1. The van der Waals surface area contributed by atoms with E-state index in [1.807, 2.05) is 0 Å². The molecule has 30 heavy (non-hydrogen) atoms. The second-order valence-electron chi connectivity index (χ2n) is 6.98. The van der Waals surface area contributed by atoms with E-state index >= 15 is 0 Å². The summed E-state index contributed by atoms with van der Waals surface area (Å²) in [6.07, 6.45) is -3.66. The van der Waals surface area contributed by atoms with Crippen LogP contribution in [0.15, 0.2) is 29.3 Å². The lowest BCUT2D eigenvalue weighted by Crippen LogP contribution is -2.43. The maximum Gasteiger partial charge on any atom is 0.451 e. The number of aromatic nitrogens is 2. The highest BCUT2D eigenvalue weighted by Crippen LogP contribution is 2.34. The number of hydrogen-bond donors (Lipinski definition) is 0. The molecular weight excluding hydrogens is 419 g/mol. The maximum atomic E-state index is 13.2. The smallest absolute Gasteiger partial charge is 0.451 e. The second kappa shape index (κ2) is 9.20. The average Bonchev–Trinajstić information content (AvgIpc) is 2.72. The van der Waals surface area contributed by atoms with Crippen LogP contribution < -0.4 is 0 Å². The molecule has 0 aliphatic carbocycles. The van der Waals surface area contributed by atoms with Crippen molar-refractivity contribution >= 4 is 34.5 Å². The summed E-state index contributed by atoms with van der Waals surface area (Å²) in [7, 11) is 0. The normalized spacial score (nSPS) is 16.5. The van der Waals surface area contributed by atoms with Gasteiger partial charge in [-0.2, -0.15) is 13.2 Å². The summed E-state index contributed by atoms with van der Waals surface area (Å²) in [6.45, 7) is 4.53. The predicted octanol–water partition coefficient (Wildman–Crippen LogP) is 3.93. The van der Waals surface area contributed by atoms with Gasteiger partial charge >= 0.3 is 12.1 Å². The first-order valence-corrected chi connectivity index (χ1v) is 10.5. The molecular formula is C20H22F3N3O3S. The quantitative estimate of drug-likeness (QED) is 0.398. The van der Waals surface area contributed by atoms with Crippen molar-refractivity contribution in [2.75, 3.05) is 19.7 Å². The molecule has 1 amide bonds. The zero-order valence-corrected chi connectivity index (χ0v) is 17.4. The third-order valence-corrected chi connectivity index (χ3v) is 5.97. The van der Waals surface area contributed by atoms with Gasteiger partial charge in [0.2, 0.25) is 11.7 Å². The van der Waals surface area contributed by atoms with Gasteiger partial charge in [-0.1, -0.05) is 30.0 Å². The molecule has 6 nitrogen and oxygen atoms in total. The summed E-state index contributed by atoms with van der Waals surface area (Å²) in [5.74, 6) is -1.89. The SMILES string of the molecule is CCOC(=O)C1CCN(C(=O)C(C)Sc2nc(C(F)(F)F)nc3ccccc23)CC1. The van der Waals surface area contributed by atoms with E-state index in [0.717, 1.165) is 11.8 Å². The summed E-state index contributed by atoms with van der Waals surface area (Å²) in [6, 6.07) is 6.42. The summed E-state index contributed by atoms with van der Waals surface area (Å²) >= 11 is 0.986. The number of nitrogens with zero attached hydrogens (tertiary/aromatic N) is 3. The maximum absolute atomic E-state index is 13.2. The first-order chi connectivity index (χ1) is 14.2. The number of alkyl halides is 3. The molecule has 0 radical (unpaired) electrons. The standard InChI is InChI=1S/C20H22F3N3O3S/c1-3-29-18(28)13-8-10-26(11-9-13)17(27)12(2)30-16-14-6-4-5-7-15(14)24-19(25-16)20(21,22)23/h4-7,12-13H,3,8-11H2,1-2H3. The fourth-order valence-corrected chi connectivity index (χ4v) is 4.36. The van der Waals surface area contributed by atoms with Gasteiger partial charge < -0.3 is 9.64 Å². The van der Waals surface area contributed by atoms with Gasteiger partial charge in [-0.25, -0.2) is 9.97 Å². The molecule has 3 rings (SSSR count). The summed E-state index contributed by atoms with van der Waals surface area (Å²) < 4.78 is 44.6. The Bertz CT molecular complexity index is 930. The van der Waals surface area contributed by atoms with E-state index in [1.54, 1.807) is 36.9 Å². The minimum absolute atomic E-state index is 0.121. The largest absolute Gasteiger partial charge is 0.466 e. The third-order valence-electron chi connectivity index (χ3n) is 4.88. The molecule has 0 N–H and O–H groups in total. The Morgan fingerprint density at radius 1 is 1.23 bits per heavy atom. The third kappa shape index (κ3) is 5.03. The van der Waals surface area contributed by atoms with Crippen LogP contribution in [0.4, 0.5) is 13.2 Å². The van der Waals surface area contributed by atoms with Gasteiger partial charge in [-0.05, 0) is 32.8 Å². The van der Waals surface area contributed by atoms with Crippen LogP contribution in [0, 0.1) is 5.92 Å². The van der Waals surface area contributed by atoms with Crippen LogP contribution in [-0.2, 0) is 20.5 Å². The minimum Gasteiger partial charge on any atom is -0.466 e. The molecule has 0 bridgehead atoms. The van der Waals surface area contributed by atoms with E-state index in [-0.39, 0.29) is 28.3 Å². The topological polar surface area (TPSA) is 72.4 Å². The molecule has 1 atom stereocenters. The molecule has 1 aromatic heterocycles. The fourth-order valence-electron chi connectivity index (χ4n) is 3.33. The molecule has 1 saturated heterocycles. The predicted molar refractivity (Wildman–Crippen MR) is 106 cm³/mol. The molecule has 0 spiro atoms. The van der Waals surface area contributed by atoms with Gasteiger partial charge in [0, 0.05) is 18.5 Å². The number of halogens is 3. The second-order valence-corrected chi connectivity index (χ2v) is 8.31. The Morgan fingerprint density at radius 3 is 2.53 bits per heavy atom. The number of likely N-dealkylation sites (tertiary alicyclic amines) is 1. The number of esters is 1. The van der Waals surface area contributed by atoms with Gasteiger partial charge in [0.05, 0.1) is 23.3 Å². The lowest BCUT2D eigenvalue weighted by Gasteiger charge is -2.32. The van der Waals surface area contributed by atoms with Crippen molar-refractivity contribution in [3.8, 4) is 0 Å². The van der Waals surface area contributed by atoms with Crippen LogP contribution in [0.25, 0.3) is 10.9 Å². The lowest BCUT2D eigenvalue weighted by atomic mass is 9.97. The number of fused-ring (bicyclic) bond motifs is 1. The molecule has 1 fully saturated rings. The van der Waals surface area contributed by atoms with Crippen molar-refractivity contribution in [2.24, 2.45) is 5.92 Å². The van der Waals surface area contributed by atoms with E-state index in [1.165, 1.54) is 6.07 Å². The number of thioether (sulfide) groups is 1. The van der Waals surface area contributed by atoms with E-state index in [9.17, 15) is 22.8 Å². The molecule has 2 aromatic rings. The van der Waals surface area contributed by atoms with Gasteiger partial charge in [0.15, 0.2) is 0 Å². The highest BCUT2D eigenvalue weighted by atomic mass is 32.2. The molecule has 10 heteroatoms. The lowest BCUT2D eigenvalue weighted by molar-refractivity contribution is -0.151.